The predicted octanol–water partition coefficient (Wildman–Crippen LogP) is 2.83. The van der Waals surface area contributed by atoms with Gasteiger partial charge >= 0.3 is 12.3 Å². The van der Waals surface area contributed by atoms with Crippen LogP contribution in [0.1, 0.15) is 18.1 Å². The molecule has 5 nitrogen and oxygen atoms in total. The summed E-state index contributed by atoms with van der Waals surface area (Å²) in [7, 11) is 1.28. The van der Waals surface area contributed by atoms with Crippen molar-refractivity contribution < 1.29 is 32.2 Å². The Morgan fingerprint density at radius 1 is 1.38 bits per heavy atom. The minimum Gasteiger partial charge on any atom is -0.481 e. The number of hydrogen-bond donors (Lipinski definition) is 0. The molecule has 21 heavy (non-hydrogen) atoms. The van der Waals surface area contributed by atoms with E-state index in [0.29, 0.717) is 0 Å². The maximum atomic E-state index is 12.3. The summed E-state index contributed by atoms with van der Waals surface area (Å²) in [6.07, 6.45) is -4.36. The van der Waals surface area contributed by atoms with Crippen LogP contribution in [-0.4, -0.2) is 31.0 Å². The van der Waals surface area contributed by atoms with E-state index < -0.39 is 18.1 Å². The van der Waals surface area contributed by atoms with Gasteiger partial charge in [0.05, 0.1) is 32.2 Å². The summed E-state index contributed by atoms with van der Waals surface area (Å²) < 4.78 is 50.6. The summed E-state index contributed by atoms with van der Waals surface area (Å²) >= 11 is 5.67. The third-order valence-corrected chi connectivity index (χ3v) is 2.67. The molecule has 118 valence electrons. The first-order chi connectivity index (χ1) is 9.82. The average molecular weight is 328 g/mol. The van der Waals surface area contributed by atoms with Gasteiger partial charge in [-0.05, 0) is 6.92 Å². The standard InChI is InChI=1S/C12H13ClF3NO4/c1-3-20-10(18)4-7-8(5-13)9(21-12(14,15)16)6-17-11(7)19-2/h6H,3-5H2,1-2H3. The van der Waals surface area contributed by atoms with Gasteiger partial charge in [-0.3, -0.25) is 4.79 Å². The number of ether oxygens (including phenoxy) is 3. The van der Waals surface area contributed by atoms with Crippen LogP contribution in [0.5, 0.6) is 11.6 Å². The first-order valence-corrected chi connectivity index (χ1v) is 6.37. The highest BCUT2D eigenvalue weighted by Crippen LogP contribution is 2.33. The van der Waals surface area contributed by atoms with Crippen LogP contribution in [0.2, 0.25) is 0 Å². The van der Waals surface area contributed by atoms with Crippen molar-refractivity contribution in [1.82, 2.24) is 4.98 Å². The quantitative estimate of drug-likeness (QED) is 0.594. The fraction of sp³-hybridized carbons (Fsp3) is 0.500. The summed E-state index contributed by atoms with van der Waals surface area (Å²) in [5.41, 5.74) is 0.0848. The first kappa shape index (κ1) is 17.4. The lowest BCUT2D eigenvalue weighted by molar-refractivity contribution is -0.275. The van der Waals surface area contributed by atoms with Crippen molar-refractivity contribution in [3.63, 3.8) is 0 Å². The van der Waals surface area contributed by atoms with E-state index in [2.05, 4.69) is 9.72 Å². The number of pyridine rings is 1. The number of halogens is 4. The SMILES string of the molecule is CCOC(=O)Cc1c(OC)ncc(OC(F)(F)F)c1CCl. The van der Waals surface area contributed by atoms with E-state index in [-0.39, 0.29) is 35.9 Å². The number of carbonyl (C=O) groups is 1. The molecule has 1 aromatic heterocycles. The van der Waals surface area contributed by atoms with Crippen LogP contribution in [0.15, 0.2) is 6.20 Å². The molecular formula is C12H13ClF3NO4. The molecule has 0 amide bonds. The maximum Gasteiger partial charge on any atom is 0.573 e. The van der Waals surface area contributed by atoms with Crippen LogP contribution in [0, 0.1) is 0 Å². The second-order valence-electron chi connectivity index (χ2n) is 3.75. The topological polar surface area (TPSA) is 57.7 Å². The number of esters is 1. The molecule has 0 fully saturated rings. The molecule has 0 saturated carbocycles. The Morgan fingerprint density at radius 3 is 2.52 bits per heavy atom. The average Bonchev–Trinajstić information content (AvgIpc) is 2.37. The fourth-order valence-corrected chi connectivity index (χ4v) is 1.92. The summed E-state index contributed by atoms with van der Waals surface area (Å²) in [6, 6.07) is 0. The van der Waals surface area contributed by atoms with E-state index in [1.165, 1.54) is 7.11 Å². The number of carbonyl (C=O) groups excluding carboxylic acids is 1. The summed E-state index contributed by atoms with van der Waals surface area (Å²) in [5, 5.41) is 0. The molecule has 0 N–H and O–H groups in total. The molecule has 1 rings (SSSR count). The minimum absolute atomic E-state index is 0.00627. The van der Waals surface area contributed by atoms with Gasteiger partial charge in [0.2, 0.25) is 5.88 Å². The molecule has 0 aliphatic heterocycles. The number of hydrogen-bond acceptors (Lipinski definition) is 5. The van der Waals surface area contributed by atoms with Crippen molar-refractivity contribution >= 4 is 17.6 Å². The summed E-state index contributed by atoms with van der Waals surface area (Å²) in [5.74, 6) is -1.52. The first-order valence-electron chi connectivity index (χ1n) is 5.84. The molecule has 0 saturated heterocycles. The zero-order chi connectivity index (χ0) is 16.0. The molecule has 0 spiro atoms. The van der Waals surface area contributed by atoms with Gasteiger partial charge in [0, 0.05) is 11.1 Å². The number of alkyl halides is 4. The van der Waals surface area contributed by atoms with Crippen LogP contribution in [0.3, 0.4) is 0 Å². The molecule has 9 heteroatoms. The van der Waals surface area contributed by atoms with Crippen LogP contribution in [0.25, 0.3) is 0 Å². The normalized spacial score (nSPS) is 11.1. The number of aromatic nitrogens is 1. The van der Waals surface area contributed by atoms with Crippen molar-refractivity contribution in [1.29, 1.82) is 0 Å². The van der Waals surface area contributed by atoms with E-state index in [4.69, 9.17) is 21.1 Å². The van der Waals surface area contributed by atoms with Gasteiger partial charge in [-0.25, -0.2) is 4.98 Å². The Labute approximate surface area is 124 Å². The van der Waals surface area contributed by atoms with E-state index >= 15 is 0 Å². The molecule has 0 bridgehead atoms. The van der Waals surface area contributed by atoms with Gasteiger partial charge in [0.25, 0.3) is 0 Å². The Bertz CT molecular complexity index is 508. The predicted molar refractivity (Wildman–Crippen MR) is 67.4 cm³/mol. The maximum absolute atomic E-state index is 12.3. The minimum atomic E-state index is -4.89. The van der Waals surface area contributed by atoms with Gasteiger partial charge in [0.1, 0.15) is 0 Å². The largest absolute Gasteiger partial charge is 0.573 e. The molecule has 1 heterocycles. The molecule has 1 aromatic rings. The molecule has 0 unspecified atom stereocenters. The Kier molecular flexibility index (Phi) is 6.07. The van der Waals surface area contributed by atoms with Crippen molar-refractivity contribution in [3.8, 4) is 11.6 Å². The van der Waals surface area contributed by atoms with Crippen LogP contribution in [0.4, 0.5) is 13.2 Å². The van der Waals surface area contributed by atoms with Gasteiger partial charge in [-0.2, -0.15) is 0 Å². The summed E-state index contributed by atoms with van der Waals surface area (Å²) in [6.45, 7) is 1.75. The highest BCUT2D eigenvalue weighted by Gasteiger charge is 2.33. The van der Waals surface area contributed by atoms with Crippen LogP contribution in [-0.2, 0) is 21.8 Å². The van der Waals surface area contributed by atoms with Gasteiger partial charge in [-0.1, -0.05) is 0 Å². The fourth-order valence-electron chi connectivity index (χ4n) is 1.62. The lowest BCUT2D eigenvalue weighted by Gasteiger charge is -2.16. The zero-order valence-corrected chi connectivity index (χ0v) is 12.0. The highest BCUT2D eigenvalue weighted by molar-refractivity contribution is 6.17. The van der Waals surface area contributed by atoms with Gasteiger partial charge < -0.3 is 14.2 Å². The Hall–Kier alpha value is -1.70. The lowest BCUT2D eigenvalue weighted by Crippen LogP contribution is -2.19. The number of nitrogens with zero attached hydrogens (tertiary/aromatic N) is 1. The van der Waals surface area contributed by atoms with Crippen LogP contribution >= 0.6 is 11.6 Å². The van der Waals surface area contributed by atoms with E-state index in [1.807, 2.05) is 0 Å². The smallest absolute Gasteiger partial charge is 0.481 e. The third-order valence-electron chi connectivity index (χ3n) is 2.40. The molecule has 0 aliphatic rings. The molecular weight excluding hydrogens is 315 g/mol. The van der Waals surface area contributed by atoms with Crippen LogP contribution < -0.4 is 9.47 Å². The summed E-state index contributed by atoms with van der Waals surface area (Å²) in [4.78, 5) is 15.2. The van der Waals surface area contributed by atoms with Crippen molar-refractivity contribution in [2.45, 2.75) is 25.6 Å². The lowest BCUT2D eigenvalue weighted by atomic mass is 10.1. The van der Waals surface area contributed by atoms with E-state index in [0.717, 1.165) is 6.20 Å². The second kappa shape index (κ2) is 7.35. The molecule has 0 radical (unpaired) electrons. The van der Waals surface area contributed by atoms with E-state index in [1.54, 1.807) is 6.92 Å². The second-order valence-corrected chi connectivity index (χ2v) is 4.02. The monoisotopic (exact) mass is 327 g/mol. The molecule has 0 aliphatic carbocycles. The Balaban J connectivity index is 3.23. The highest BCUT2D eigenvalue weighted by atomic mass is 35.5. The van der Waals surface area contributed by atoms with Crippen molar-refractivity contribution in [3.05, 3.63) is 17.3 Å². The third kappa shape index (κ3) is 4.96. The van der Waals surface area contributed by atoms with Crippen molar-refractivity contribution in [2.75, 3.05) is 13.7 Å². The van der Waals surface area contributed by atoms with Gasteiger partial charge in [-0.15, -0.1) is 24.8 Å². The number of rotatable bonds is 6. The van der Waals surface area contributed by atoms with E-state index in [9.17, 15) is 18.0 Å². The zero-order valence-electron chi connectivity index (χ0n) is 11.3. The molecule has 0 atom stereocenters. The molecule has 0 aromatic carbocycles. The Morgan fingerprint density at radius 2 is 2.05 bits per heavy atom. The van der Waals surface area contributed by atoms with Gasteiger partial charge in [0.15, 0.2) is 5.75 Å². The van der Waals surface area contributed by atoms with Crippen molar-refractivity contribution in [2.24, 2.45) is 0 Å². The number of methoxy groups -OCH3 is 1.